The van der Waals surface area contributed by atoms with Crippen LogP contribution in [-0.2, 0) is 12.8 Å². The number of nitrogens with zero attached hydrogens (tertiary/aromatic N) is 4. The van der Waals surface area contributed by atoms with E-state index in [-0.39, 0.29) is 0 Å². The third-order valence-corrected chi connectivity index (χ3v) is 4.85. The fourth-order valence-corrected chi connectivity index (χ4v) is 3.05. The van der Waals surface area contributed by atoms with Crippen LogP contribution >= 0.6 is 0 Å². The van der Waals surface area contributed by atoms with Gasteiger partial charge >= 0.3 is 0 Å². The summed E-state index contributed by atoms with van der Waals surface area (Å²) in [6, 6.07) is 2.55. The molecule has 0 saturated heterocycles. The van der Waals surface area contributed by atoms with Crippen molar-refractivity contribution in [2.45, 2.75) is 66.3 Å². The number of rotatable bonds is 8. The number of nitrogens with one attached hydrogen (secondary N) is 1. The van der Waals surface area contributed by atoms with E-state index in [2.05, 4.69) is 51.0 Å². The van der Waals surface area contributed by atoms with E-state index in [1.54, 1.807) is 0 Å². The Labute approximate surface area is 158 Å². The molecule has 0 aliphatic heterocycles. The summed E-state index contributed by atoms with van der Waals surface area (Å²) in [7, 11) is 4.01. The van der Waals surface area contributed by atoms with Gasteiger partial charge in [0.05, 0.1) is 17.1 Å². The highest BCUT2D eigenvalue weighted by molar-refractivity contribution is 5.68. The van der Waals surface area contributed by atoms with Crippen LogP contribution in [0.2, 0.25) is 0 Å². The highest BCUT2D eigenvalue weighted by Crippen LogP contribution is 2.29. The lowest BCUT2D eigenvalue weighted by atomic mass is 10.0. The molecular formula is C21H33N5. The fraction of sp³-hybridized carbons (Fsp3) is 0.571. The summed E-state index contributed by atoms with van der Waals surface area (Å²) < 4.78 is 0. The first-order chi connectivity index (χ1) is 12.4. The minimum atomic E-state index is 0.438. The molecule has 0 aliphatic carbocycles. The van der Waals surface area contributed by atoms with E-state index in [0.717, 1.165) is 60.0 Å². The van der Waals surface area contributed by atoms with Gasteiger partial charge in [-0.3, -0.25) is 0 Å². The first-order valence-electron chi connectivity index (χ1n) is 9.75. The van der Waals surface area contributed by atoms with Crippen LogP contribution in [0.25, 0.3) is 11.3 Å². The Balaban J connectivity index is 2.52. The van der Waals surface area contributed by atoms with Crippen LogP contribution in [0.1, 0.15) is 57.5 Å². The van der Waals surface area contributed by atoms with Gasteiger partial charge in [-0.2, -0.15) is 0 Å². The van der Waals surface area contributed by atoms with Gasteiger partial charge in [-0.25, -0.2) is 15.0 Å². The maximum absolute atomic E-state index is 5.01. The molecular weight excluding hydrogens is 322 g/mol. The van der Waals surface area contributed by atoms with Gasteiger partial charge in [-0.15, -0.1) is 0 Å². The second kappa shape index (κ2) is 8.97. The van der Waals surface area contributed by atoms with E-state index in [0.29, 0.717) is 6.04 Å². The molecule has 0 spiro atoms. The Hall–Kier alpha value is -2.17. The van der Waals surface area contributed by atoms with Crippen molar-refractivity contribution in [2.75, 3.05) is 24.3 Å². The Morgan fingerprint density at radius 3 is 2.15 bits per heavy atom. The van der Waals surface area contributed by atoms with Crippen molar-refractivity contribution in [1.82, 2.24) is 15.0 Å². The van der Waals surface area contributed by atoms with Crippen molar-refractivity contribution in [3.63, 3.8) is 0 Å². The van der Waals surface area contributed by atoms with Crippen molar-refractivity contribution >= 4 is 11.6 Å². The lowest BCUT2D eigenvalue weighted by Gasteiger charge is -2.20. The SMILES string of the molecule is CCc1nc(-c2cnc(N(C)C)cc2C)c(CC)nc1NC(CC)CC. The van der Waals surface area contributed by atoms with Gasteiger partial charge < -0.3 is 10.2 Å². The van der Waals surface area contributed by atoms with E-state index >= 15 is 0 Å². The molecule has 0 bridgehead atoms. The van der Waals surface area contributed by atoms with Crippen molar-refractivity contribution in [3.8, 4) is 11.3 Å². The summed E-state index contributed by atoms with van der Waals surface area (Å²) in [5.41, 5.74) is 5.27. The molecule has 0 aliphatic rings. The summed E-state index contributed by atoms with van der Waals surface area (Å²) in [5.74, 6) is 1.90. The molecule has 26 heavy (non-hydrogen) atoms. The molecule has 2 rings (SSSR count). The topological polar surface area (TPSA) is 53.9 Å². The smallest absolute Gasteiger partial charge is 0.148 e. The van der Waals surface area contributed by atoms with Crippen LogP contribution in [-0.4, -0.2) is 35.1 Å². The van der Waals surface area contributed by atoms with Gasteiger partial charge in [0.25, 0.3) is 0 Å². The average molecular weight is 356 g/mol. The predicted octanol–water partition coefficient (Wildman–Crippen LogP) is 4.64. The van der Waals surface area contributed by atoms with E-state index in [4.69, 9.17) is 9.97 Å². The predicted molar refractivity (Wildman–Crippen MR) is 111 cm³/mol. The van der Waals surface area contributed by atoms with Gasteiger partial charge in [0, 0.05) is 31.9 Å². The lowest BCUT2D eigenvalue weighted by Crippen LogP contribution is -2.20. The van der Waals surface area contributed by atoms with Gasteiger partial charge in [-0.1, -0.05) is 27.7 Å². The third-order valence-electron chi connectivity index (χ3n) is 4.85. The molecule has 0 fully saturated rings. The van der Waals surface area contributed by atoms with Crippen molar-refractivity contribution in [2.24, 2.45) is 0 Å². The van der Waals surface area contributed by atoms with Crippen molar-refractivity contribution in [1.29, 1.82) is 0 Å². The number of aryl methyl sites for hydroxylation is 3. The number of hydrogen-bond donors (Lipinski definition) is 1. The fourth-order valence-electron chi connectivity index (χ4n) is 3.05. The van der Waals surface area contributed by atoms with Crippen LogP contribution in [0.4, 0.5) is 11.6 Å². The largest absolute Gasteiger partial charge is 0.366 e. The second-order valence-electron chi connectivity index (χ2n) is 6.93. The molecule has 5 heteroatoms. The molecule has 0 saturated carbocycles. The highest BCUT2D eigenvalue weighted by Gasteiger charge is 2.17. The minimum Gasteiger partial charge on any atom is -0.366 e. The maximum Gasteiger partial charge on any atom is 0.148 e. The zero-order valence-corrected chi connectivity index (χ0v) is 17.3. The molecule has 0 aromatic carbocycles. The van der Waals surface area contributed by atoms with E-state index in [1.807, 2.05) is 25.2 Å². The van der Waals surface area contributed by atoms with Gasteiger partial charge in [-0.05, 0) is 44.2 Å². The minimum absolute atomic E-state index is 0.438. The van der Waals surface area contributed by atoms with E-state index in [1.165, 1.54) is 5.56 Å². The van der Waals surface area contributed by atoms with Crippen LogP contribution in [0.3, 0.4) is 0 Å². The number of pyridine rings is 1. The van der Waals surface area contributed by atoms with Crippen LogP contribution in [0, 0.1) is 6.92 Å². The summed E-state index contributed by atoms with van der Waals surface area (Å²) in [5, 5.41) is 3.59. The molecule has 1 N–H and O–H groups in total. The van der Waals surface area contributed by atoms with Crippen LogP contribution in [0.5, 0.6) is 0 Å². The Kier molecular flexibility index (Phi) is 6.95. The Morgan fingerprint density at radius 1 is 1.00 bits per heavy atom. The molecule has 142 valence electrons. The zero-order valence-electron chi connectivity index (χ0n) is 17.3. The quantitative estimate of drug-likeness (QED) is 0.748. The molecule has 0 atom stereocenters. The van der Waals surface area contributed by atoms with Crippen LogP contribution < -0.4 is 10.2 Å². The van der Waals surface area contributed by atoms with E-state index in [9.17, 15) is 0 Å². The van der Waals surface area contributed by atoms with Gasteiger partial charge in [0.15, 0.2) is 0 Å². The average Bonchev–Trinajstić information content (AvgIpc) is 2.65. The van der Waals surface area contributed by atoms with Crippen LogP contribution in [0.15, 0.2) is 12.3 Å². The van der Waals surface area contributed by atoms with Gasteiger partial charge in [0.2, 0.25) is 0 Å². The number of aromatic nitrogens is 3. The molecule has 5 nitrogen and oxygen atoms in total. The molecule has 0 amide bonds. The monoisotopic (exact) mass is 355 g/mol. The standard InChI is InChI=1S/C21H33N5/c1-8-15(9-2)23-21-18(11-4)24-20(17(10-3)25-21)16-13-22-19(26(6)7)12-14(16)5/h12-13,15H,8-11H2,1-7H3,(H,23,25). The normalized spacial score (nSPS) is 11.1. The van der Waals surface area contributed by atoms with Gasteiger partial charge in [0.1, 0.15) is 11.6 Å². The maximum atomic E-state index is 5.01. The molecule has 2 aromatic heterocycles. The number of anilines is 2. The third kappa shape index (κ3) is 4.32. The first-order valence-corrected chi connectivity index (χ1v) is 9.75. The first kappa shape index (κ1) is 20.1. The Bertz CT molecular complexity index is 735. The highest BCUT2D eigenvalue weighted by atomic mass is 15.1. The molecule has 0 radical (unpaired) electrons. The molecule has 2 heterocycles. The van der Waals surface area contributed by atoms with E-state index < -0.39 is 0 Å². The number of hydrogen-bond acceptors (Lipinski definition) is 5. The molecule has 2 aromatic rings. The van der Waals surface area contributed by atoms with Crippen molar-refractivity contribution in [3.05, 3.63) is 29.2 Å². The van der Waals surface area contributed by atoms with Crippen molar-refractivity contribution < 1.29 is 0 Å². The summed E-state index contributed by atoms with van der Waals surface area (Å²) in [4.78, 5) is 16.6. The summed E-state index contributed by atoms with van der Waals surface area (Å²) in [6.45, 7) is 10.8. The summed E-state index contributed by atoms with van der Waals surface area (Å²) >= 11 is 0. The Morgan fingerprint density at radius 2 is 1.65 bits per heavy atom. The lowest BCUT2D eigenvalue weighted by molar-refractivity contribution is 0.665. The second-order valence-corrected chi connectivity index (χ2v) is 6.93. The zero-order chi connectivity index (χ0) is 19.3. The molecule has 0 unspecified atom stereocenters. The summed E-state index contributed by atoms with van der Waals surface area (Å²) in [6.07, 6.45) is 5.80.